The van der Waals surface area contributed by atoms with Crippen molar-refractivity contribution in [3.63, 3.8) is 0 Å². The molecular formula is C57H39N3O. The Morgan fingerprint density at radius 1 is 0.426 bits per heavy atom. The predicted octanol–water partition coefficient (Wildman–Crippen LogP) is 15.5. The minimum Gasteiger partial charge on any atom is -0.456 e. The summed E-state index contributed by atoms with van der Waals surface area (Å²) in [6.45, 7) is 4.67. The SMILES string of the molecule is CC1(C)c2ccccc2-c2ccc(N(c3ccccc3)c3ccc(-c4nc(-c5cc(-c6ccccc6)cc6oc7cc8ccccc8cc7c56)c5ccccc5n4)cc3)cc21. The summed E-state index contributed by atoms with van der Waals surface area (Å²) in [6, 6.07) is 71.2. The van der Waals surface area contributed by atoms with Gasteiger partial charge in [-0.1, -0.05) is 135 Å². The average molecular weight is 782 g/mol. The fraction of sp³-hybridized carbons (Fsp3) is 0.0526. The van der Waals surface area contributed by atoms with Crippen LogP contribution in [0.25, 0.3) is 88.5 Å². The number of anilines is 3. The highest BCUT2D eigenvalue weighted by molar-refractivity contribution is 6.18. The van der Waals surface area contributed by atoms with Gasteiger partial charge in [0, 0.05) is 49.8 Å². The molecule has 0 atom stereocenters. The minimum atomic E-state index is -0.109. The van der Waals surface area contributed by atoms with Crippen molar-refractivity contribution in [2.24, 2.45) is 0 Å². The van der Waals surface area contributed by atoms with E-state index in [1.165, 1.54) is 27.6 Å². The number of benzene rings is 9. The maximum absolute atomic E-state index is 6.72. The molecule has 12 rings (SSSR count). The van der Waals surface area contributed by atoms with Gasteiger partial charge >= 0.3 is 0 Å². The second-order valence-electron chi connectivity index (χ2n) is 16.6. The first-order valence-corrected chi connectivity index (χ1v) is 20.9. The van der Waals surface area contributed by atoms with Crippen molar-refractivity contribution in [2.45, 2.75) is 19.3 Å². The predicted molar refractivity (Wildman–Crippen MR) is 253 cm³/mol. The molecular weight excluding hydrogens is 743 g/mol. The molecule has 61 heavy (non-hydrogen) atoms. The van der Waals surface area contributed by atoms with E-state index in [2.05, 4.69) is 219 Å². The van der Waals surface area contributed by atoms with Crippen LogP contribution in [0.5, 0.6) is 0 Å². The standard InChI is InChI=1S/C57H39N3O/c1-57(2)49-23-13-11-21-44(49)45-30-29-43(35-50(45)57)60(41-19-7-4-8-20-41)42-27-25-37(26-28-42)56-58-51-24-14-12-22-46(51)55(59-56)48-32-40(36-15-5-3-6-16-36)34-53-54(48)47-31-38-17-9-10-18-39(38)33-52(47)61-53/h3-35H,1-2H3. The third kappa shape index (κ3) is 5.67. The number of aromatic nitrogens is 2. The Morgan fingerprint density at radius 2 is 1.08 bits per heavy atom. The number of furan rings is 1. The quantitative estimate of drug-likeness (QED) is 0.168. The highest BCUT2D eigenvalue weighted by Crippen LogP contribution is 2.51. The molecule has 0 amide bonds. The topological polar surface area (TPSA) is 42.2 Å². The monoisotopic (exact) mass is 781 g/mol. The molecule has 11 aromatic rings. The maximum atomic E-state index is 6.72. The lowest BCUT2D eigenvalue weighted by atomic mass is 9.82. The smallest absolute Gasteiger partial charge is 0.160 e. The lowest BCUT2D eigenvalue weighted by molar-refractivity contribution is 0.660. The molecule has 0 bridgehead atoms. The molecule has 0 fully saturated rings. The minimum absolute atomic E-state index is 0.109. The number of hydrogen-bond acceptors (Lipinski definition) is 4. The number of nitrogens with zero attached hydrogens (tertiary/aromatic N) is 3. The van der Waals surface area contributed by atoms with E-state index >= 15 is 0 Å². The van der Waals surface area contributed by atoms with Crippen LogP contribution in [0.1, 0.15) is 25.0 Å². The molecule has 288 valence electrons. The largest absolute Gasteiger partial charge is 0.456 e. The van der Waals surface area contributed by atoms with Crippen LogP contribution in [-0.2, 0) is 5.41 Å². The van der Waals surface area contributed by atoms with E-state index in [1.807, 2.05) is 0 Å². The summed E-state index contributed by atoms with van der Waals surface area (Å²) in [5, 5.41) is 5.42. The summed E-state index contributed by atoms with van der Waals surface area (Å²) < 4.78 is 6.72. The zero-order chi connectivity index (χ0) is 40.7. The average Bonchev–Trinajstić information content (AvgIpc) is 3.79. The van der Waals surface area contributed by atoms with Gasteiger partial charge in [0.25, 0.3) is 0 Å². The number of fused-ring (bicyclic) bond motifs is 8. The van der Waals surface area contributed by atoms with Crippen molar-refractivity contribution in [3.8, 4) is 44.9 Å². The summed E-state index contributed by atoms with van der Waals surface area (Å²) in [7, 11) is 0. The molecule has 4 nitrogen and oxygen atoms in total. The molecule has 9 aromatic carbocycles. The van der Waals surface area contributed by atoms with E-state index in [0.717, 1.165) is 83.2 Å². The van der Waals surface area contributed by atoms with Gasteiger partial charge in [-0.15, -0.1) is 0 Å². The molecule has 0 aliphatic heterocycles. The van der Waals surface area contributed by atoms with Crippen LogP contribution in [0.2, 0.25) is 0 Å². The summed E-state index contributed by atoms with van der Waals surface area (Å²) >= 11 is 0. The van der Waals surface area contributed by atoms with Gasteiger partial charge in [-0.2, -0.15) is 0 Å². The molecule has 2 aromatic heterocycles. The van der Waals surface area contributed by atoms with Gasteiger partial charge in [0.15, 0.2) is 5.82 Å². The van der Waals surface area contributed by atoms with Crippen LogP contribution < -0.4 is 4.90 Å². The molecule has 2 heterocycles. The first kappa shape index (κ1) is 35.2. The fourth-order valence-electron chi connectivity index (χ4n) is 9.60. The summed E-state index contributed by atoms with van der Waals surface area (Å²) in [5.74, 6) is 0.667. The van der Waals surface area contributed by atoms with Crippen LogP contribution in [0.15, 0.2) is 205 Å². The Kier molecular flexibility index (Phi) is 7.85. The molecule has 1 aliphatic carbocycles. The summed E-state index contributed by atoms with van der Waals surface area (Å²) in [5.41, 5.74) is 16.1. The van der Waals surface area contributed by atoms with Crippen LogP contribution in [-0.4, -0.2) is 9.97 Å². The van der Waals surface area contributed by atoms with E-state index in [-0.39, 0.29) is 5.41 Å². The molecule has 0 saturated heterocycles. The van der Waals surface area contributed by atoms with E-state index in [1.54, 1.807) is 0 Å². The Hall–Kier alpha value is -7.82. The lowest BCUT2D eigenvalue weighted by Crippen LogP contribution is -2.16. The van der Waals surface area contributed by atoms with Crippen molar-refractivity contribution >= 4 is 60.7 Å². The van der Waals surface area contributed by atoms with Gasteiger partial charge in [0.05, 0.1) is 11.2 Å². The maximum Gasteiger partial charge on any atom is 0.160 e. The van der Waals surface area contributed by atoms with Gasteiger partial charge in [0.2, 0.25) is 0 Å². The van der Waals surface area contributed by atoms with E-state index in [9.17, 15) is 0 Å². The fourth-order valence-corrected chi connectivity index (χ4v) is 9.60. The normalized spacial score (nSPS) is 12.9. The Bertz CT molecular complexity index is 3500. The molecule has 0 saturated carbocycles. The van der Waals surface area contributed by atoms with Crippen LogP contribution in [0, 0.1) is 0 Å². The first-order chi connectivity index (χ1) is 30.0. The Balaban J connectivity index is 1.02. The van der Waals surface area contributed by atoms with Gasteiger partial charge < -0.3 is 9.32 Å². The Morgan fingerprint density at radius 3 is 1.90 bits per heavy atom. The van der Waals surface area contributed by atoms with Crippen molar-refractivity contribution in [2.75, 3.05) is 4.90 Å². The lowest BCUT2D eigenvalue weighted by Gasteiger charge is -2.28. The molecule has 0 spiro atoms. The van der Waals surface area contributed by atoms with Crippen LogP contribution >= 0.6 is 0 Å². The summed E-state index contributed by atoms with van der Waals surface area (Å²) in [6.07, 6.45) is 0. The molecule has 1 aliphatic rings. The Labute approximate surface area is 354 Å². The zero-order valence-electron chi connectivity index (χ0n) is 33.8. The third-order valence-corrected chi connectivity index (χ3v) is 12.6. The van der Waals surface area contributed by atoms with Crippen LogP contribution in [0.4, 0.5) is 17.1 Å². The molecule has 0 unspecified atom stereocenters. The van der Waals surface area contributed by atoms with Crippen LogP contribution in [0.3, 0.4) is 0 Å². The molecule has 4 heteroatoms. The number of rotatable bonds is 6. The van der Waals surface area contributed by atoms with Crippen molar-refractivity contribution in [1.29, 1.82) is 0 Å². The van der Waals surface area contributed by atoms with Gasteiger partial charge in [-0.05, 0) is 123 Å². The van der Waals surface area contributed by atoms with Gasteiger partial charge in [-0.25, -0.2) is 9.97 Å². The van der Waals surface area contributed by atoms with E-state index in [0.29, 0.717) is 5.82 Å². The van der Waals surface area contributed by atoms with E-state index in [4.69, 9.17) is 14.4 Å². The second kappa shape index (κ2) is 13.6. The zero-order valence-corrected chi connectivity index (χ0v) is 33.8. The third-order valence-electron chi connectivity index (χ3n) is 12.6. The molecule has 0 N–H and O–H groups in total. The van der Waals surface area contributed by atoms with E-state index < -0.39 is 0 Å². The van der Waals surface area contributed by atoms with Crippen molar-refractivity contribution in [1.82, 2.24) is 9.97 Å². The van der Waals surface area contributed by atoms with Gasteiger partial charge in [0.1, 0.15) is 11.2 Å². The number of para-hydroxylation sites is 2. The van der Waals surface area contributed by atoms with Crippen molar-refractivity contribution < 1.29 is 4.42 Å². The first-order valence-electron chi connectivity index (χ1n) is 20.9. The van der Waals surface area contributed by atoms with Crippen molar-refractivity contribution in [3.05, 3.63) is 211 Å². The second-order valence-corrected chi connectivity index (χ2v) is 16.6. The highest BCUT2D eigenvalue weighted by Gasteiger charge is 2.35. The van der Waals surface area contributed by atoms with Gasteiger partial charge in [-0.3, -0.25) is 0 Å². The summed E-state index contributed by atoms with van der Waals surface area (Å²) in [4.78, 5) is 13.0. The molecule has 0 radical (unpaired) electrons. The highest BCUT2D eigenvalue weighted by atomic mass is 16.3. The number of hydrogen-bond donors (Lipinski definition) is 0.